The highest BCUT2D eigenvalue weighted by molar-refractivity contribution is 5.97. The zero-order valence-electron chi connectivity index (χ0n) is 18.0. The number of esters is 1. The number of anilines is 1. The van der Waals surface area contributed by atoms with Gasteiger partial charge >= 0.3 is 5.97 Å². The second-order valence-electron chi connectivity index (χ2n) is 7.09. The highest BCUT2D eigenvalue weighted by Gasteiger charge is 2.18. The van der Waals surface area contributed by atoms with E-state index in [-0.39, 0.29) is 0 Å². The fraction of sp³-hybridized carbons (Fsp3) is 0.250. The average Bonchev–Trinajstić information content (AvgIpc) is 3.36. The number of aryl methyl sites for hydroxylation is 1. The Hall–Kier alpha value is -3.74. The number of methoxy groups -OCH3 is 1. The number of carbonyl (C=O) groups is 2. The van der Waals surface area contributed by atoms with Crippen molar-refractivity contribution in [3.63, 3.8) is 0 Å². The molecule has 0 aliphatic heterocycles. The average molecular weight is 422 g/mol. The molecule has 7 nitrogen and oxygen atoms in total. The molecule has 31 heavy (non-hydrogen) atoms. The molecule has 1 amide bonds. The van der Waals surface area contributed by atoms with Crippen LogP contribution in [0.15, 0.2) is 59.2 Å². The van der Waals surface area contributed by atoms with Crippen molar-refractivity contribution in [3.8, 4) is 5.75 Å². The van der Waals surface area contributed by atoms with Gasteiger partial charge in [-0.2, -0.15) is 0 Å². The minimum atomic E-state index is -0.964. The SMILES string of the molecule is COc1ccccc1NC(=O)[C@@H](C)OC(=O)/C=C/c1cc(C)n(Cc2ccco2)c1C. The summed E-state index contributed by atoms with van der Waals surface area (Å²) in [6.45, 7) is 6.11. The molecule has 2 heterocycles. The van der Waals surface area contributed by atoms with Crippen LogP contribution < -0.4 is 10.1 Å². The van der Waals surface area contributed by atoms with Crippen LogP contribution >= 0.6 is 0 Å². The largest absolute Gasteiger partial charge is 0.495 e. The second-order valence-corrected chi connectivity index (χ2v) is 7.09. The van der Waals surface area contributed by atoms with Crippen molar-refractivity contribution in [1.29, 1.82) is 0 Å². The first-order chi connectivity index (χ1) is 14.9. The van der Waals surface area contributed by atoms with Gasteiger partial charge in [-0.25, -0.2) is 4.79 Å². The third-order valence-corrected chi connectivity index (χ3v) is 4.93. The van der Waals surface area contributed by atoms with Gasteiger partial charge in [0.15, 0.2) is 6.10 Å². The normalized spacial score (nSPS) is 12.0. The Kier molecular flexibility index (Phi) is 6.97. The van der Waals surface area contributed by atoms with Crippen LogP contribution in [0.25, 0.3) is 6.08 Å². The number of hydrogen-bond donors (Lipinski definition) is 1. The van der Waals surface area contributed by atoms with E-state index in [9.17, 15) is 9.59 Å². The summed E-state index contributed by atoms with van der Waals surface area (Å²) < 4.78 is 18.0. The second kappa shape index (κ2) is 9.84. The van der Waals surface area contributed by atoms with E-state index in [2.05, 4.69) is 9.88 Å². The van der Waals surface area contributed by atoms with E-state index in [0.717, 1.165) is 22.7 Å². The minimum Gasteiger partial charge on any atom is -0.495 e. The van der Waals surface area contributed by atoms with Gasteiger partial charge in [0, 0.05) is 17.5 Å². The topological polar surface area (TPSA) is 82.7 Å². The van der Waals surface area contributed by atoms with Crippen molar-refractivity contribution < 1.29 is 23.5 Å². The molecule has 0 aliphatic carbocycles. The number of carbonyl (C=O) groups excluding carboxylic acids is 2. The third-order valence-electron chi connectivity index (χ3n) is 4.93. The molecule has 0 aliphatic rings. The Morgan fingerprint density at radius 3 is 2.68 bits per heavy atom. The molecule has 0 spiro atoms. The lowest BCUT2D eigenvalue weighted by atomic mass is 10.2. The summed E-state index contributed by atoms with van der Waals surface area (Å²) in [6, 6.07) is 12.8. The maximum Gasteiger partial charge on any atom is 0.331 e. The molecule has 7 heteroatoms. The number of rotatable bonds is 8. The van der Waals surface area contributed by atoms with Crippen LogP contribution in [0.2, 0.25) is 0 Å². The number of aromatic nitrogens is 1. The van der Waals surface area contributed by atoms with Crippen molar-refractivity contribution in [3.05, 3.63) is 77.5 Å². The lowest BCUT2D eigenvalue weighted by molar-refractivity contribution is -0.148. The van der Waals surface area contributed by atoms with Gasteiger partial charge in [-0.05, 0) is 62.7 Å². The highest BCUT2D eigenvalue weighted by Crippen LogP contribution is 2.23. The Morgan fingerprint density at radius 2 is 1.97 bits per heavy atom. The van der Waals surface area contributed by atoms with E-state index in [1.807, 2.05) is 32.0 Å². The third kappa shape index (κ3) is 5.45. The number of benzene rings is 1. The van der Waals surface area contributed by atoms with Crippen LogP contribution in [0, 0.1) is 13.8 Å². The van der Waals surface area contributed by atoms with Gasteiger partial charge < -0.3 is 23.8 Å². The Morgan fingerprint density at radius 1 is 1.19 bits per heavy atom. The Labute approximate surface area is 181 Å². The van der Waals surface area contributed by atoms with Crippen molar-refractivity contribution in [1.82, 2.24) is 4.57 Å². The van der Waals surface area contributed by atoms with Crippen LogP contribution in [0.5, 0.6) is 5.75 Å². The molecule has 162 valence electrons. The molecule has 0 bridgehead atoms. The van der Waals surface area contributed by atoms with Gasteiger partial charge in [-0.15, -0.1) is 0 Å². The minimum absolute atomic E-state index is 0.442. The molecule has 1 atom stereocenters. The van der Waals surface area contributed by atoms with Crippen LogP contribution in [0.4, 0.5) is 5.69 Å². The van der Waals surface area contributed by atoms with Crippen molar-refractivity contribution in [2.75, 3.05) is 12.4 Å². The molecule has 2 aromatic heterocycles. The number of para-hydroxylation sites is 2. The summed E-state index contributed by atoms with van der Waals surface area (Å²) in [7, 11) is 1.52. The van der Waals surface area contributed by atoms with Crippen molar-refractivity contribution in [2.45, 2.75) is 33.4 Å². The predicted octanol–water partition coefficient (Wildman–Crippen LogP) is 4.34. The van der Waals surface area contributed by atoms with Gasteiger partial charge in [0.25, 0.3) is 5.91 Å². The van der Waals surface area contributed by atoms with Crippen LogP contribution in [-0.2, 0) is 20.9 Å². The maximum atomic E-state index is 12.4. The number of ether oxygens (including phenoxy) is 2. The molecule has 3 rings (SSSR count). The summed E-state index contributed by atoms with van der Waals surface area (Å²) in [5, 5.41) is 2.70. The summed E-state index contributed by atoms with van der Waals surface area (Å²) in [5.74, 6) is 0.340. The number of nitrogens with zero attached hydrogens (tertiary/aromatic N) is 1. The van der Waals surface area contributed by atoms with E-state index in [1.54, 1.807) is 36.6 Å². The monoisotopic (exact) mass is 422 g/mol. The zero-order chi connectivity index (χ0) is 22.4. The lowest BCUT2D eigenvalue weighted by Crippen LogP contribution is -2.29. The standard InChI is InChI=1S/C24H26N2O5/c1-16-14-19(17(2)26(16)15-20-8-7-13-30-20)11-12-23(27)31-18(3)24(28)25-21-9-5-6-10-22(21)29-4/h5-14,18H,15H2,1-4H3,(H,25,28)/b12-11+/t18-/m1/s1. The molecule has 1 N–H and O–H groups in total. The molecule has 1 aromatic carbocycles. The molecule has 0 radical (unpaired) electrons. The number of nitrogens with one attached hydrogen (secondary N) is 1. The van der Waals surface area contributed by atoms with E-state index < -0.39 is 18.0 Å². The van der Waals surface area contributed by atoms with Crippen LogP contribution in [0.1, 0.15) is 29.6 Å². The summed E-state index contributed by atoms with van der Waals surface area (Å²) in [4.78, 5) is 24.6. The number of furan rings is 1. The Bertz CT molecular complexity index is 1080. The van der Waals surface area contributed by atoms with Crippen molar-refractivity contribution >= 4 is 23.6 Å². The first kappa shape index (κ1) is 22.0. The van der Waals surface area contributed by atoms with Crippen molar-refractivity contribution in [2.24, 2.45) is 0 Å². The fourth-order valence-corrected chi connectivity index (χ4v) is 3.21. The lowest BCUT2D eigenvalue weighted by Gasteiger charge is -2.14. The smallest absolute Gasteiger partial charge is 0.331 e. The van der Waals surface area contributed by atoms with Gasteiger partial charge in [0.2, 0.25) is 0 Å². The molecule has 0 saturated heterocycles. The molecular weight excluding hydrogens is 396 g/mol. The Balaban J connectivity index is 1.60. The van der Waals surface area contributed by atoms with Gasteiger partial charge in [0.05, 0.1) is 25.6 Å². The molecule has 3 aromatic rings. The van der Waals surface area contributed by atoms with Gasteiger partial charge in [-0.1, -0.05) is 12.1 Å². The highest BCUT2D eigenvalue weighted by atomic mass is 16.5. The summed E-state index contributed by atoms with van der Waals surface area (Å²) in [5.41, 5.74) is 3.45. The van der Waals surface area contributed by atoms with Gasteiger partial charge in [0.1, 0.15) is 11.5 Å². The summed E-state index contributed by atoms with van der Waals surface area (Å²) in [6.07, 6.45) is 3.69. The fourth-order valence-electron chi connectivity index (χ4n) is 3.21. The number of amides is 1. The first-order valence-electron chi connectivity index (χ1n) is 9.90. The van der Waals surface area contributed by atoms with E-state index in [1.165, 1.54) is 20.1 Å². The summed E-state index contributed by atoms with van der Waals surface area (Å²) >= 11 is 0. The first-order valence-corrected chi connectivity index (χ1v) is 9.90. The van der Waals surface area contributed by atoms with E-state index in [4.69, 9.17) is 13.9 Å². The predicted molar refractivity (Wildman–Crippen MR) is 118 cm³/mol. The molecule has 0 unspecified atom stereocenters. The maximum absolute atomic E-state index is 12.4. The molecule has 0 fully saturated rings. The van der Waals surface area contributed by atoms with E-state index in [0.29, 0.717) is 18.0 Å². The number of hydrogen-bond acceptors (Lipinski definition) is 5. The van der Waals surface area contributed by atoms with Gasteiger partial charge in [-0.3, -0.25) is 4.79 Å². The quantitative estimate of drug-likeness (QED) is 0.431. The van der Waals surface area contributed by atoms with Crippen LogP contribution in [-0.4, -0.2) is 29.7 Å². The molecule has 0 saturated carbocycles. The zero-order valence-corrected chi connectivity index (χ0v) is 18.0. The van der Waals surface area contributed by atoms with Crippen LogP contribution in [0.3, 0.4) is 0 Å². The van der Waals surface area contributed by atoms with E-state index >= 15 is 0 Å². The molecular formula is C24H26N2O5.